The first-order chi connectivity index (χ1) is 20.2. The topological polar surface area (TPSA) is 51.4 Å². The number of hydrogen-bond donors (Lipinski definition) is 1. The van der Waals surface area contributed by atoms with E-state index in [2.05, 4.69) is 33.9 Å². The minimum absolute atomic E-state index is 0. The predicted molar refractivity (Wildman–Crippen MR) is 171 cm³/mol. The molecule has 0 unspecified atom stereocenters. The summed E-state index contributed by atoms with van der Waals surface area (Å²) in [5.41, 5.74) is 4.98. The third-order valence-corrected chi connectivity index (χ3v) is 8.15. The lowest BCUT2D eigenvalue weighted by Crippen LogP contribution is -3.00. The van der Waals surface area contributed by atoms with Gasteiger partial charge in [-0.1, -0.05) is 120 Å². The Morgan fingerprint density at radius 3 is 1.95 bits per heavy atom. The molecule has 1 aromatic heterocycles. The summed E-state index contributed by atoms with van der Waals surface area (Å²) in [5.74, 6) is 1.37. The number of amides is 1. The number of methoxy groups -OCH3 is 1. The molecule has 0 atom stereocenters. The van der Waals surface area contributed by atoms with Gasteiger partial charge in [0, 0.05) is 11.3 Å². The molecule has 0 fully saturated rings. The van der Waals surface area contributed by atoms with Gasteiger partial charge in [0.05, 0.1) is 25.5 Å². The van der Waals surface area contributed by atoms with Crippen molar-refractivity contribution in [2.75, 3.05) is 19.0 Å². The Bertz CT molecular complexity index is 1110. The SMILES string of the molecule is CCCCCCCCCCCCCCCCOc1ccc(CC(=O)Nc2ccc(C[n+]3ccsc3)cc2)cc1OC.[Br-]. The van der Waals surface area contributed by atoms with Crippen LogP contribution in [0.15, 0.2) is 59.6 Å². The molecule has 232 valence electrons. The highest BCUT2D eigenvalue weighted by Gasteiger charge is 2.10. The van der Waals surface area contributed by atoms with Crippen LogP contribution in [0.25, 0.3) is 0 Å². The lowest BCUT2D eigenvalue weighted by atomic mass is 10.0. The van der Waals surface area contributed by atoms with Crippen molar-refractivity contribution in [2.24, 2.45) is 0 Å². The molecule has 5 nitrogen and oxygen atoms in total. The van der Waals surface area contributed by atoms with Gasteiger partial charge in [0.2, 0.25) is 11.4 Å². The zero-order valence-electron chi connectivity index (χ0n) is 25.8. The van der Waals surface area contributed by atoms with Gasteiger partial charge in [-0.15, -0.1) is 0 Å². The van der Waals surface area contributed by atoms with Crippen LogP contribution in [0.1, 0.15) is 108 Å². The van der Waals surface area contributed by atoms with E-state index < -0.39 is 0 Å². The largest absolute Gasteiger partial charge is 1.00 e. The lowest BCUT2D eigenvalue weighted by molar-refractivity contribution is -0.683. The number of hydrogen-bond acceptors (Lipinski definition) is 4. The number of carbonyl (C=O) groups excluding carboxylic acids is 1. The summed E-state index contributed by atoms with van der Waals surface area (Å²) in [6.07, 6.45) is 21.2. The third kappa shape index (κ3) is 14.7. The molecular formula is C35H51BrN2O3S. The van der Waals surface area contributed by atoms with Gasteiger partial charge in [-0.25, -0.2) is 0 Å². The van der Waals surface area contributed by atoms with Crippen LogP contribution in [-0.4, -0.2) is 19.6 Å². The number of aromatic nitrogens is 1. The first-order valence-electron chi connectivity index (χ1n) is 15.8. The average molecular weight is 660 g/mol. The summed E-state index contributed by atoms with van der Waals surface area (Å²) in [7, 11) is 1.65. The molecule has 2 aromatic carbocycles. The molecule has 0 radical (unpaired) electrons. The van der Waals surface area contributed by atoms with Crippen molar-refractivity contribution in [2.45, 2.75) is 110 Å². The highest BCUT2D eigenvalue weighted by Crippen LogP contribution is 2.29. The van der Waals surface area contributed by atoms with E-state index in [0.29, 0.717) is 12.4 Å². The van der Waals surface area contributed by atoms with Gasteiger partial charge in [-0.3, -0.25) is 4.79 Å². The summed E-state index contributed by atoms with van der Waals surface area (Å²) < 4.78 is 13.7. The summed E-state index contributed by atoms with van der Waals surface area (Å²) in [6.45, 7) is 3.79. The molecule has 0 aliphatic rings. The fraction of sp³-hybridized carbons (Fsp3) is 0.543. The van der Waals surface area contributed by atoms with Gasteiger partial charge in [-0.2, -0.15) is 4.57 Å². The Hall–Kier alpha value is -2.38. The number of nitrogens with one attached hydrogen (secondary N) is 1. The minimum atomic E-state index is -0.0527. The van der Waals surface area contributed by atoms with Crippen molar-refractivity contribution in [3.8, 4) is 11.5 Å². The first kappa shape index (κ1) is 35.8. The summed E-state index contributed by atoms with van der Waals surface area (Å²) in [6, 6.07) is 13.8. The van der Waals surface area contributed by atoms with Crippen LogP contribution in [0.3, 0.4) is 0 Å². The Balaban J connectivity index is 0.00000616. The van der Waals surface area contributed by atoms with Crippen LogP contribution in [0.2, 0.25) is 0 Å². The van der Waals surface area contributed by atoms with Crippen molar-refractivity contribution < 1.29 is 35.8 Å². The fourth-order valence-electron chi connectivity index (χ4n) is 5.07. The van der Waals surface area contributed by atoms with Gasteiger partial charge < -0.3 is 31.8 Å². The number of benzene rings is 2. The summed E-state index contributed by atoms with van der Waals surface area (Å²) in [5, 5.41) is 5.06. The Kier molecular flexibility index (Phi) is 18.9. The van der Waals surface area contributed by atoms with Gasteiger partial charge in [0.1, 0.15) is 0 Å². The van der Waals surface area contributed by atoms with Crippen LogP contribution in [0.5, 0.6) is 11.5 Å². The normalized spacial score (nSPS) is 10.7. The second-order valence-corrected chi connectivity index (χ2v) is 11.8. The first-order valence-corrected chi connectivity index (χ1v) is 16.7. The van der Waals surface area contributed by atoms with Crippen LogP contribution < -0.4 is 36.3 Å². The monoisotopic (exact) mass is 658 g/mol. The molecule has 0 saturated carbocycles. The number of unbranched alkanes of at least 4 members (excludes halogenated alkanes) is 13. The number of rotatable bonds is 22. The molecule has 7 heteroatoms. The standard InChI is InChI=1S/C35H50N2O3S.BrH/c1-3-4-5-6-7-8-9-10-11-12-13-14-15-16-24-40-33-22-19-31(26-34(33)39-2)27-35(38)36-32-20-17-30(18-21-32)28-37-23-25-41-29-37;/h17-23,25-26,29H,3-16,24,27-28H2,1-2H3;1H. The van der Waals surface area contributed by atoms with Crippen LogP contribution in [0.4, 0.5) is 5.69 Å². The maximum atomic E-state index is 12.7. The van der Waals surface area contributed by atoms with E-state index in [0.717, 1.165) is 30.0 Å². The van der Waals surface area contributed by atoms with Crippen molar-refractivity contribution in [3.63, 3.8) is 0 Å². The molecule has 0 aliphatic carbocycles. The second-order valence-electron chi connectivity index (χ2n) is 11.1. The molecule has 1 amide bonds. The summed E-state index contributed by atoms with van der Waals surface area (Å²) in [4.78, 5) is 12.7. The van der Waals surface area contributed by atoms with Crippen molar-refractivity contribution in [1.29, 1.82) is 0 Å². The average Bonchev–Trinajstić information content (AvgIpc) is 3.49. The zero-order chi connectivity index (χ0) is 29.0. The highest BCUT2D eigenvalue weighted by atomic mass is 79.9. The van der Waals surface area contributed by atoms with Crippen LogP contribution in [-0.2, 0) is 17.8 Å². The van der Waals surface area contributed by atoms with E-state index in [9.17, 15) is 4.79 Å². The Labute approximate surface area is 268 Å². The van der Waals surface area contributed by atoms with Gasteiger partial charge in [-0.05, 0) is 36.2 Å². The number of anilines is 1. The van der Waals surface area contributed by atoms with E-state index in [1.807, 2.05) is 42.5 Å². The predicted octanol–water partition coefficient (Wildman–Crippen LogP) is 6.14. The van der Waals surface area contributed by atoms with Crippen LogP contribution >= 0.6 is 11.3 Å². The molecule has 0 saturated heterocycles. The van der Waals surface area contributed by atoms with Gasteiger partial charge in [0.25, 0.3) is 0 Å². The van der Waals surface area contributed by atoms with E-state index in [4.69, 9.17) is 9.47 Å². The number of nitrogens with zero attached hydrogens (tertiary/aromatic N) is 1. The van der Waals surface area contributed by atoms with E-state index >= 15 is 0 Å². The van der Waals surface area contributed by atoms with Crippen molar-refractivity contribution in [1.82, 2.24) is 0 Å². The van der Waals surface area contributed by atoms with Gasteiger partial charge in [0.15, 0.2) is 24.2 Å². The van der Waals surface area contributed by atoms with E-state index in [1.165, 1.54) is 89.0 Å². The molecule has 0 spiro atoms. The number of ether oxygens (including phenoxy) is 2. The fourth-order valence-corrected chi connectivity index (χ4v) is 5.66. The minimum Gasteiger partial charge on any atom is -1.00 e. The molecule has 0 bridgehead atoms. The van der Waals surface area contributed by atoms with Gasteiger partial charge >= 0.3 is 0 Å². The maximum absolute atomic E-state index is 12.7. The number of halogens is 1. The summed E-state index contributed by atoms with van der Waals surface area (Å²) >= 11 is 1.68. The Morgan fingerprint density at radius 1 is 0.786 bits per heavy atom. The lowest BCUT2D eigenvalue weighted by Gasteiger charge is -2.12. The van der Waals surface area contributed by atoms with E-state index in [1.54, 1.807) is 18.4 Å². The molecule has 42 heavy (non-hydrogen) atoms. The Morgan fingerprint density at radius 2 is 1.38 bits per heavy atom. The molecule has 1 N–H and O–H groups in total. The maximum Gasteiger partial charge on any atom is 0.228 e. The third-order valence-electron chi connectivity index (χ3n) is 7.48. The molecular weight excluding hydrogens is 608 g/mol. The van der Waals surface area contributed by atoms with Crippen LogP contribution in [0, 0.1) is 0 Å². The number of thiazole rings is 1. The van der Waals surface area contributed by atoms with Crippen molar-refractivity contribution in [3.05, 3.63) is 70.7 Å². The molecule has 3 aromatic rings. The zero-order valence-corrected chi connectivity index (χ0v) is 28.2. The van der Waals surface area contributed by atoms with E-state index in [-0.39, 0.29) is 29.3 Å². The highest BCUT2D eigenvalue weighted by molar-refractivity contribution is 7.07. The number of carbonyl (C=O) groups is 1. The quantitative estimate of drug-likeness (QED) is 0.104. The second kappa shape index (κ2) is 22.2. The smallest absolute Gasteiger partial charge is 0.228 e. The molecule has 1 heterocycles. The molecule has 0 aliphatic heterocycles. The van der Waals surface area contributed by atoms with Crippen molar-refractivity contribution >= 4 is 22.9 Å². The molecule has 3 rings (SSSR count).